The smallest absolute Gasteiger partial charge is 0.237 e. The third kappa shape index (κ3) is 3.13. The van der Waals surface area contributed by atoms with Crippen LogP contribution in [0.5, 0.6) is 0 Å². The molecule has 0 bridgehead atoms. The van der Waals surface area contributed by atoms with E-state index in [0.29, 0.717) is 0 Å². The predicted molar refractivity (Wildman–Crippen MR) is 25.0 cm³/mol. The molecule has 0 heterocycles. The van der Waals surface area contributed by atoms with Gasteiger partial charge in [-0.3, -0.25) is 0 Å². The van der Waals surface area contributed by atoms with Crippen molar-refractivity contribution in [1.82, 2.24) is 0 Å². The summed E-state index contributed by atoms with van der Waals surface area (Å²) in [5, 5.41) is 2.42. The summed E-state index contributed by atoms with van der Waals surface area (Å²) in [6.07, 6.45) is -7.97. The number of rotatable bonds is 2. The third-order valence-corrected chi connectivity index (χ3v) is 0.660. The first-order valence-electron chi connectivity index (χ1n) is 2.20. The van der Waals surface area contributed by atoms with Crippen molar-refractivity contribution in [3.8, 4) is 0 Å². The molecule has 7 heteroatoms. The highest BCUT2D eigenvalue weighted by atomic mass is 19.4. The van der Waals surface area contributed by atoms with Crippen LogP contribution in [-0.2, 0) is 0 Å². The number of nitrogens with zero attached hydrogens (tertiary/aromatic N) is 3. The van der Waals surface area contributed by atoms with Gasteiger partial charge in [0.2, 0.25) is 6.17 Å². The van der Waals surface area contributed by atoms with E-state index in [9.17, 15) is 17.6 Å². The van der Waals surface area contributed by atoms with Gasteiger partial charge in [0.25, 0.3) is 0 Å². The van der Waals surface area contributed by atoms with Crippen molar-refractivity contribution in [1.29, 1.82) is 0 Å². The Balaban J connectivity index is 3.84. The summed E-state index contributed by atoms with van der Waals surface area (Å²) < 4.78 is 45.3. The van der Waals surface area contributed by atoms with Gasteiger partial charge in [0.1, 0.15) is 0 Å². The lowest BCUT2D eigenvalue weighted by atomic mass is 10.4. The zero-order chi connectivity index (χ0) is 8.20. The van der Waals surface area contributed by atoms with Gasteiger partial charge in [-0.25, -0.2) is 4.39 Å². The number of azide groups is 1. The fourth-order valence-electron chi connectivity index (χ4n) is 0.212. The van der Waals surface area contributed by atoms with Gasteiger partial charge in [0.15, 0.2) is 0 Å². The molecule has 0 saturated carbocycles. The molecule has 0 amide bonds. The van der Waals surface area contributed by atoms with Crippen LogP contribution in [0.2, 0.25) is 0 Å². The molecule has 0 N–H and O–H groups in total. The Morgan fingerprint density at radius 1 is 1.50 bits per heavy atom. The maximum Gasteiger partial charge on any atom is 0.419 e. The lowest BCUT2D eigenvalue weighted by Gasteiger charge is -2.07. The standard InChI is InChI=1S/C3H3F4N3/c4-2(1-9-10-8)3(5,6)7/h2H,1H2. The van der Waals surface area contributed by atoms with Gasteiger partial charge in [-0.2, -0.15) is 13.2 Å². The van der Waals surface area contributed by atoms with Gasteiger partial charge >= 0.3 is 6.18 Å². The van der Waals surface area contributed by atoms with Gasteiger partial charge in [0, 0.05) is 4.91 Å². The minimum absolute atomic E-state index is 1.19. The Hall–Kier alpha value is -0.970. The molecule has 1 atom stereocenters. The minimum Gasteiger partial charge on any atom is -0.237 e. The molecule has 0 aliphatic rings. The van der Waals surface area contributed by atoms with Crippen molar-refractivity contribution in [2.45, 2.75) is 12.3 Å². The third-order valence-electron chi connectivity index (χ3n) is 0.660. The molecule has 10 heavy (non-hydrogen) atoms. The van der Waals surface area contributed by atoms with Crippen LogP contribution in [0, 0.1) is 0 Å². The van der Waals surface area contributed by atoms with Crippen LogP contribution in [0.15, 0.2) is 5.11 Å². The normalized spacial score (nSPS) is 14.0. The predicted octanol–water partition coefficient (Wildman–Crippen LogP) is 2.20. The fourth-order valence-corrected chi connectivity index (χ4v) is 0.212. The second kappa shape index (κ2) is 3.26. The highest BCUT2D eigenvalue weighted by Gasteiger charge is 2.39. The van der Waals surface area contributed by atoms with Crippen LogP contribution in [0.3, 0.4) is 0 Å². The summed E-state index contributed by atoms with van der Waals surface area (Å²) in [4.78, 5) is 1.97. The van der Waals surface area contributed by atoms with Crippen LogP contribution >= 0.6 is 0 Å². The summed E-state index contributed by atoms with van der Waals surface area (Å²) in [7, 11) is 0. The molecule has 0 fully saturated rings. The van der Waals surface area contributed by atoms with E-state index < -0.39 is 18.9 Å². The largest absolute Gasteiger partial charge is 0.419 e. The number of halogens is 4. The van der Waals surface area contributed by atoms with E-state index in [-0.39, 0.29) is 0 Å². The Bertz CT molecular complexity index is 146. The molecule has 1 unspecified atom stereocenters. The van der Waals surface area contributed by atoms with Gasteiger partial charge in [-0.1, -0.05) is 5.11 Å². The molecule has 0 rings (SSSR count). The maximum atomic E-state index is 11.7. The van der Waals surface area contributed by atoms with Crippen molar-refractivity contribution in [3.05, 3.63) is 10.4 Å². The molecule has 0 aliphatic carbocycles. The van der Waals surface area contributed by atoms with E-state index in [1.54, 1.807) is 0 Å². The van der Waals surface area contributed by atoms with Crippen molar-refractivity contribution >= 4 is 0 Å². The van der Waals surface area contributed by atoms with E-state index in [2.05, 4.69) is 5.11 Å². The Labute approximate surface area is 53.3 Å². The number of hydrogen-bond donors (Lipinski definition) is 0. The quantitative estimate of drug-likeness (QED) is 0.255. The van der Waals surface area contributed by atoms with E-state index in [0.717, 1.165) is 0 Å². The van der Waals surface area contributed by atoms with Gasteiger partial charge < -0.3 is 0 Å². The fraction of sp³-hybridized carbons (Fsp3) is 1.00. The van der Waals surface area contributed by atoms with Crippen LogP contribution < -0.4 is 0 Å². The molecule has 0 aliphatic heterocycles. The molecule has 0 aromatic rings. The van der Waals surface area contributed by atoms with Crippen molar-refractivity contribution in [2.75, 3.05) is 6.54 Å². The van der Waals surface area contributed by atoms with Gasteiger partial charge in [0.05, 0.1) is 6.54 Å². The average Bonchev–Trinajstić information content (AvgIpc) is 1.80. The molecule has 0 radical (unpaired) electrons. The summed E-state index contributed by atoms with van der Waals surface area (Å²) in [5.41, 5.74) is 7.51. The summed E-state index contributed by atoms with van der Waals surface area (Å²) in [6.45, 7) is -1.19. The van der Waals surface area contributed by atoms with Crippen LogP contribution in [0.4, 0.5) is 17.6 Å². The summed E-state index contributed by atoms with van der Waals surface area (Å²) >= 11 is 0. The van der Waals surface area contributed by atoms with E-state index >= 15 is 0 Å². The van der Waals surface area contributed by atoms with E-state index in [1.165, 1.54) is 0 Å². The molecule has 0 saturated heterocycles. The highest BCUT2D eigenvalue weighted by Crippen LogP contribution is 2.22. The Morgan fingerprint density at radius 3 is 2.30 bits per heavy atom. The zero-order valence-electron chi connectivity index (χ0n) is 4.64. The monoisotopic (exact) mass is 157 g/mol. The Morgan fingerprint density at radius 2 is 2.00 bits per heavy atom. The van der Waals surface area contributed by atoms with Crippen LogP contribution in [0.1, 0.15) is 0 Å². The van der Waals surface area contributed by atoms with Gasteiger partial charge in [-0.15, -0.1) is 0 Å². The second-order valence-electron chi connectivity index (χ2n) is 1.42. The van der Waals surface area contributed by atoms with Crippen molar-refractivity contribution in [3.63, 3.8) is 0 Å². The molecule has 3 nitrogen and oxygen atoms in total. The average molecular weight is 157 g/mol. The summed E-state index contributed by atoms with van der Waals surface area (Å²) in [6, 6.07) is 0. The summed E-state index contributed by atoms with van der Waals surface area (Å²) in [5.74, 6) is 0. The van der Waals surface area contributed by atoms with Crippen LogP contribution in [0.25, 0.3) is 10.4 Å². The first-order chi connectivity index (χ1) is 4.48. The molecule has 0 aromatic carbocycles. The maximum absolute atomic E-state index is 11.7. The first-order valence-corrected chi connectivity index (χ1v) is 2.20. The highest BCUT2D eigenvalue weighted by molar-refractivity contribution is 4.68. The molecular formula is C3H3F4N3. The molecule has 0 aromatic heterocycles. The molecular weight excluding hydrogens is 154 g/mol. The van der Waals surface area contributed by atoms with Gasteiger partial charge in [-0.05, 0) is 5.53 Å². The lowest BCUT2D eigenvalue weighted by Crippen LogP contribution is -2.26. The molecule has 58 valence electrons. The second-order valence-corrected chi connectivity index (χ2v) is 1.42. The number of hydrogen-bond acceptors (Lipinski definition) is 1. The molecule has 0 spiro atoms. The SMILES string of the molecule is [N-]=[N+]=NCC(F)C(F)(F)F. The minimum atomic E-state index is -4.92. The van der Waals surface area contributed by atoms with Crippen molar-refractivity contribution in [2.24, 2.45) is 5.11 Å². The van der Waals surface area contributed by atoms with Crippen molar-refractivity contribution < 1.29 is 17.6 Å². The van der Waals surface area contributed by atoms with E-state index in [4.69, 9.17) is 5.53 Å². The Kier molecular flexibility index (Phi) is 2.95. The van der Waals surface area contributed by atoms with Crippen LogP contribution in [-0.4, -0.2) is 18.9 Å². The zero-order valence-corrected chi connectivity index (χ0v) is 4.64. The topological polar surface area (TPSA) is 48.8 Å². The lowest BCUT2D eigenvalue weighted by molar-refractivity contribution is -0.177. The number of alkyl halides is 4. The van der Waals surface area contributed by atoms with E-state index in [1.807, 2.05) is 4.91 Å². The first kappa shape index (κ1) is 9.03.